The van der Waals surface area contributed by atoms with Gasteiger partial charge in [-0.05, 0) is 42.3 Å². The first-order chi connectivity index (χ1) is 13.7. The van der Waals surface area contributed by atoms with Gasteiger partial charge in [0.2, 0.25) is 0 Å². The van der Waals surface area contributed by atoms with Gasteiger partial charge in [-0.25, -0.2) is 4.79 Å². The number of nitrogens with zero attached hydrogens (tertiary/aromatic N) is 1. The van der Waals surface area contributed by atoms with Gasteiger partial charge in [-0.2, -0.15) is 0 Å². The van der Waals surface area contributed by atoms with Gasteiger partial charge in [0, 0.05) is 28.9 Å². The molecule has 0 aliphatic heterocycles. The molecule has 0 N–H and O–H groups in total. The third kappa shape index (κ3) is 3.41. The van der Waals surface area contributed by atoms with E-state index in [0.29, 0.717) is 23.6 Å². The highest BCUT2D eigenvalue weighted by Gasteiger charge is 2.25. The number of carbonyl (C=O) groups excluding carboxylic acids is 1. The second-order valence-electron chi connectivity index (χ2n) is 6.54. The predicted octanol–water partition coefficient (Wildman–Crippen LogP) is 6.03. The van der Waals surface area contributed by atoms with Gasteiger partial charge in [0.25, 0.3) is 0 Å². The number of carbonyl (C=O) groups is 1. The Morgan fingerprint density at radius 3 is 2.39 bits per heavy atom. The van der Waals surface area contributed by atoms with Gasteiger partial charge in [-0.1, -0.05) is 60.1 Å². The van der Waals surface area contributed by atoms with Crippen molar-refractivity contribution in [2.75, 3.05) is 6.61 Å². The lowest BCUT2D eigenvalue weighted by Gasteiger charge is -2.09. The van der Waals surface area contributed by atoms with Gasteiger partial charge >= 0.3 is 5.97 Å². The van der Waals surface area contributed by atoms with Crippen molar-refractivity contribution in [1.29, 1.82) is 0 Å². The molecule has 0 saturated carbocycles. The summed E-state index contributed by atoms with van der Waals surface area (Å²) >= 11 is 6.10. The number of halogens is 1. The molecule has 28 heavy (non-hydrogen) atoms. The van der Waals surface area contributed by atoms with E-state index in [0.717, 1.165) is 22.3 Å². The maximum absolute atomic E-state index is 12.9. The summed E-state index contributed by atoms with van der Waals surface area (Å²) in [6.45, 7) is 2.15. The zero-order valence-corrected chi connectivity index (χ0v) is 16.3. The lowest BCUT2D eigenvalue weighted by Crippen LogP contribution is -2.06. The van der Waals surface area contributed by atoms with Crippen LogP contribution in [0.1, 0.15) is 28.5 Å². The van der Waals surface area contributed by atoms with E-state index in [-0.39, 0.29) is 5.97 Å². The fourth-order valence-corrected chi connectivity index (χ4v) is 3.70. The molecule has 0 radical (unpaired) electrons. The molecule has 2 heterocycles. The topological polar surface area (TPSA) is 30.7 Å². The Morgan fingerprint density at radius 2 is 1.68 bits per heavy atom. The van der Waals surface area contributed by atoms with Crippen LogP contribution >= 0.6 is 11.6 Å². The largest absolute Gasteiger partial charge is 0.462 e. The Labute approximate surface area is 169 Å². The molecule has 4 rings (SSSR count). The highest BCUT2D eigenvalue weighted by atomic mass is 35.5. The molecule has 140 valence electrons. The van der Waals surface area contributed by atoms with E-state index in [1.807, 2.05) is 73.8 Å². The van der Waals surface area contributed by atoms with Gasteiger partial charge in [-0.15, -0.1) is 0 Å². The monoisotopic (exact) mass is 389 g/mol. The van der Waals surface area contributed by atoms with E-state index >= 15 is 0 Å². The SMILES string of the molecule is CCOC(=O)c1c(-c2ccc(Cl)cc2)c(Cc2ccccc2)n2ccccc12. The fraction of sp³-hybridized carbons (Fsp3) is 0.125. The highest BCUT2D eigenvalue weighted by molar-refractivity contribution is 6.30. The summed E-state index contributed by atoms with van der Waals surface area (Å²) in [7, 11) is 0. The van der Waals surface area contributed by atoms with Crippen LogP contribution in [0.15, 0.2) is 79.0 Å². The van der Waals surface area contributed by atoms with E-state index in [1.165, 1.54) is 5.56 Å². The first-order valence-electron chi connectivity index (χ1n) is 9.28. The van der Waals surface area contributed by atoms with Crippen molar-refractivity contribution >= 4 is 23.1 Å². The number of fused-ring (bicyclic) bond motifs is 1. The summed E-state index contributed by atoms with van der Waals surface area (Å²) in [6.07, 6.45) is 2.69. The first kappa shape index (κ1) is 18.3. The smallest absolute Gasteiger partial charge is 0.340 e. The minimum Gasteiger partial charge on any atom is -0.462 e. The molecular formula is C24H20ClNO2. The first-order valence-corrected chi connectivity index (χ1v) is 9.65. The van der Waals surface area contributed by atoms with Crippen molar-refractivity contribution in [3.63, 3.8) is 0 Å². The molecule has 0 bridgehead atoms. The Hall–Kier alpha value is -3.04. The summed E-state index contributed by atoms with van der Waals surface area (Å²) in [5.74, 6) is -0.310. The van der Waals surface area contributed by atoms with Crippen molar-refractivity contribution < 1.29 is 9.53 Å². The minimum atomic E-state index is -0.310. The molecule has 3 nitrogen and oxygen atoms in total. The van der Waals surface area contributed by atoms with Crippen molar-refractivity contribution in [3.8, 4) is 11.1 Å². The Kier molecular flexibility index (Phi) is 5.18. The molecule has 0 saturated heterocycles. The molecule has 4 aromatic rings. The number of benzene rings is 2. The molecule has 2 aromatic carbocycles. The van der Waals surface area contributed by atoms with E-state index in [9.17, 15) is 4.79 Å². The molecule has 0 atom stereocenters. The van der Waals surface area contributed by atoms with Crippen LogP contribution in [0.2, 0.25) is 5.02 Å². The average molecular weight is 390 g/mol. The lowest BCUT2D eigenvalue weighted by molar-refractivity contribution is 0.0529. The van der Waals surface area contributed by atoms with Crippen LogP contribution in [-0.4, -0.2) is 17.0 Å². The maximum atomic E-state index is 12.9. The Bertz CT molecular complexity index is 1110. The molecule has 0 fully saturated rings. The normalized spacial score (nSPS) is 10.9. The van der Waals surface area contributed by atoms with Crippen molar-refractivity contribution in [3.05, 3.63) is 101 Å². The summed E-state index contributed by atoms with van der Waals surface area (Å²) in [6, 6.07) is 23.7. The summed E-state index contributed by atoms with van der Waals surface area (Å²) in [4.78, 5) is 12.9. The third-order valence-electron chi connectivity index (χ3n) is 4.77. The van der Waals surface area contributed by atoms with Gasteiger partial charge in [-0.3, -0.25) is 0 Å². The molecule has 0 aliphatic carbocycles. The summed E-state index contributed by atoms with van der Waals surface area (Å²) < 4.78 is 7.49. The standard InChI is InChI=1S/C24H20ClNO2/c1-2-28-24(27)23-20-10-6-7-15-26(20)21(16-17-8-4-3-5-9-17)22(23)18-11-13-19(25)14-12-18/h3-15H,2,16H2,1H3. The number of pyridine rings is 1. The Balaban J connectivity index is 2.01. The van der Waals surface area contributed by atoms with Gasteiger partial charge in [0.05, 0.1) is 17.7 Å². The van der Waals surface area contributed by atoms with Crippen LogP contribution in [0.5, 0.6) is 0 Å². The fourth-order valence-electron chi connectivity index (χ4n) is 3.58. The number of hydrogen-bond donors (Lipinski definition) is 0. The van der Waals surface area contributed by atoms with E-state index in [4.69, 9.17) is 16.3 Å². The molecular weight excluding hydrogens is 370 g/mol. The van der Waals surface area contributed by atoms with E-state index in [2.05, 4.69) is 16.5 Å². The van der Waals surface area contributed by atoms with Crippen LogP contribution in [0.3, 0.4) is 0 Å². The predicted molar refractivity (Wildman–Crippen MR) is 113 cm³/mol. The van der Waals surface area contributed by atoms with Crippen molar-refractivity contribution in [2.24, 2.45) is 0 Å². The number of aromatic nitrogens is 1. The molecule has 0 unspecified atom stereocenters. The van der Waals surface area contributed by atoms with E-state index in [1.54, 1.807) is 0 Å². The molecule has 4 heteroatoms. The Morgan fingerprint density at radius 1 is 0.964 bits per heavy atom. The number of hydrogen-bond acceptors (Lipinski definition) is 2. The second kappa shape index (κ2) is 7.91. The van der Waals surface area contributed by atoms with Crippen LogP contribution < -0.4 is 0 Å². The quantitative estimate of drug-likeness (QED) is 0.390. The van der Waals surface area contributed by atoms with Crippen LogP contribution in [-0.2, 0) is 11.2 Å². The van der Waals surface area contributed by atoms with Crippen molar-refractivity contribution in [1.82, 2.24) is 4.40 Å². The van der Waals surface area contributed by atoms with Crippen LogP contribution in [0.4, 0.5) is 0 Å². The third-order valence-corrected chi connectivity index (χ3v) is 5.02. The zero-order valence-electron chi connectivity index (χ0n) is 15.6. The van der Waals surface area contributed by atoms with Crippen LogP contribution in [0, 0.1) is 0 Å². The second-order valence-corrected chi connectivity index (χ2v) is 6.98. The number of rotatable bonds is 5. The zero-order chi connectivity index (χ0) is 19.5. The average Bonchev–Trinajstić information content (AvgIpc) is 3.04. The molecule has 0 spiro atoms. The van der Waals surface area contributed by atoms with Gasteiger partial charge in [0.15, 0.2) is 0 Å². The lowest BCUT2D eigenvalue weighted by atomic mass is 9.97. The minimum absolute atomic E-state index is 0.310. The van der Waals surface area contributed by atoms with Gasteiger partial charge in [0.1, 0.15) is 0 Å². The molecule has 2 aromatic heterocycles. The van der Waals surface area contributed by atoms with E-state index < -0.39 is 0 Å². The number of esters is 1. The summed E-state index contributed by atoms with van der Waals surface area (Å²) in [5, 5.41) is 0.662. The number of ether oxygens (including phenoxy) is 1. The van der Waals surface area contributed by atoms with Crippen LogP contribution in [0.25, 0.3) is 16.6 Å². The maximum Gasteiger partial charge on any atom is 0.340 e. The van der Waals surface area contributed by atoms with Gasteiger partial charge < -0.3 is 9.14 Å². The molecule has 0 amide bonds. The highest BCUT2D eigenvalue weighted by Crippen LogP contribution is 2.35. The summed E-state index contributed by atoms with van der Waals surface area (Å²) in [5.41, 5.74) is 5.50. The van der Waals surface area contributed by atoms with Crippen molar-refractivity contribution in [2.45, 2.75) is 13.3 Å². The molecule has 0 aliphatic rings.